The van der Waals surface area contributed by atoms with Gasteiger partial charge in [0.25, 0.3) is 0 Å². The summed E-state index contributed by atoms with van der Waals surface area (Å²) < 4.78 is 1.10. The van der Waals surface area contributed by atoms with Crippen LogP contribution in [-0.4, -0.2) is 16.0 Å². The summed E-state index contributed by atoms with van der Waals surface area (Å²) in [6, 6.07) is 11.0. The summed E-state index contributed by atoms with van der Waals surface area (Å²) in [4.78, 5) is 10.2. The van der Waals surface area contributed by atoms with Crippen LogP contribution in [0.15, 0.2) is 45.9 Å². The number of halogens is 1. The summed E-state index contributed by atoms with van der Waals surface area (Å²) >= 11 is 5.21. The summed E-state index contributed by atoms with van der Waals surface area (Å²) in [7, 11) is 0. The van der Waals surface area contributed by atoms with Gasteiger partial charge in [0.05, 0.1) is 11.4 Å². The summed E-state index contributed by atoms with van der Waals surface area (Å²) in [5, 5.41) is 3.48. The Morgan fingerprint density at radius 3 is 2.75 bits per heavy atom. The fourth-order valence-electron chi connectivity index (χ4n) is 1.82. The van der Waals surface area contributed by atoms with Gasteiger partial charge in [-0.1, -0.05) is 15.9 Å². The maximum atomic E-state index is 4.60. The first-order chi connectivity index (χ1) is 9.79. The molecule has 104 valence electrons. The first-order valence-corrected chi connectivity index (χ1v) is 8.50. The van der Waals surface area contributed by atoms with Crippen molar-refractivity contribution >= 4 is 27.7 Å². The molecule has 0 spiro atoms. The molecule has 0 atom stereocenters. The van der Waals surface area contributed by atoms with Crippen LogP contribution in [0.2, 0.25) is 0 Å². The van der Waals surface area contributed by atoms with E-state index in [0.717, 1.165) is 28.3 Å². The molecule has 0 amide bonds. The molecule has 1 fully saturated rings. The highest BCUT2D eigenvalue weighted by Crippen LogP contribution is 2.23. The average Bonchev–Trinajstić information content (AvgIpc) is 3.29. The molecule has 5 heteroatoms. The van der Waals surface area contributed by atoms with Gasteiger partial charge in [-0.15, -0.1) is 11.8 Å². The molecule has 0 unspecified atom stereocenters. The smallest absolute Gasteiger partial charge is 0.138 e. The van der Waals surface area contributed by atoms with Gasteiger partial charge in [0, 0.05) is 28.2 Å². The molecule has 1 heterocycles. The Morgan fingerprint density at radius 2 is 2.00 bits per heavy atom. The van der Waals surface area contributed by atoms with Crippen molar-refractivity contribution in [1.82, 2.24) is 15.3 Å². The zero-order valence-electron chi connectivity index (χ0n) is 11.1. The highest BCUT2D eigenvalue weighted by molar-refractivity contribution is 9.10. The van der Waals surface area contributed by atoms with Crippen LogP contribution in [0.4, 0.5) is 0 Å². The lowest BCUT2D eigenvalue weighted by Gasteiger charge is -2.05. The van der Waals surface area contributed by atoms with Gasteiger partial charge in [0.2, 0.25) is 0 Å². The number of nitrogens with one attached hydrogen (secondary N) is 1. The molecule has 3 rings (SSSR count). The van der Waals surface area contributed by atoms with Gasteiger partial charge in [-0.05, 0) is 43.2 Å². The van der Waals surface area contributed by atoms with Crippen LogP contribution in [0.5, 0.6) is 0 Å². The molecular formula is C15H16BrN3S. The minimum Gasteiger partial charge on any atom is -0.308 e. The molecule has 1 aromatic carbocycles. The van der Waals surface area contributed by atoms with E-state index in [1.807, 2.05) is 12.3 Å². The SMILES string of the molecule is Brc1ccc(SCc2nccc(CNC3CC3)n2)cc1. The molecule has 0 radical (unpaired) electrons. The first-order valence-electron chi connectivity index (χ1n) is 6.72. The lowest BCUT2D eigenvalue weighted by molar-refractivity contribution is 0.670. The number of nitrogens with zero attached hydrogens (tertiary/aromatic N) is 2. The molecule has 1 aliphatic rings. The maximum absolute atomic E-state index is 4.60. The van der Waals surface area contributed by atoms with E-state index in [9.17, 15) is 0 Å². The van der Waals surface area contributed by atoms with Crippen molar-refractivity contribution in [1.29, 1.82) is 0 Å². The van der Waals surface area contributed by atoms with Crippen molar-refractivity contribution in [2.45, 2.75) is 36.1 Å². The van der Waals surface area contributed by atoms with Crippen LogP contribution >= 0.6 is 27.7 Å². The van der Waals surface area contributed by atoms with Crippen molar-refractivity contribution in [3.05, 3.63) is 52.5 Å². The van der Waals surface area contributed by atoms with Crippen molar-refractivity contribution in [2.75, 3.05) is 0 Å². The fraction of sp³-hybridized carbons (Fsp3) is 0.333. The van der Waals surface area contributed by atoms with Crippen molar-refractivity contribution in [3.8, 4) is 0 Å². The number of hydrogen-bond acceptors (Lipinski definition) is 4. The molecule has 1 saturated carbocycles. The Balaban J connectivity index is 1.56. The third kappa shape index (κ3) is 4.30. The summed E-state index contributed by atoms with van der Waals surface area (Å²) in [6.07, 6.45) is 4.46. The van der Waals surface area contributed by atoms with E-state index in [-0.39, 0.29) is 0 Å². The second kappa shape index (κ2) is 6.70. The Labute approximate surface area is 131 Å². The van der Waals surface area contributed by atoms with Crippen LogP contribution in [0.3, 0.4) is 0 Å². The predicted molar refractivity (Wildman–Crippen MR) is 85.6 cm³/mol. The number of rotatable bonds is 6. The molecule has 0 bridgehead atoms. The molecule has 3 nitrogen and oxygen atoms in total. The third-order valence-electron chi connectivity index (χ3n) is 3.09. The van der Waals surface area contributed by atoms with Gasteiger partial charge in [-0.2, -0.15) is 0 Å². The second-order valence-electron chi connectivity index (χ2n) is 4.86. The summed E-state index contributed by atoms with van der Waals surface area (Å²) in [5.74, 6) is 1.70. The van der Waals surface area contributed by atoms with E-state index in [4.69, 9.17) is 0 Å². The number of benzene rings is 1. The number of thioether (sulfide) groups is 1. The van der Waals surface area contributed by atoms with E-state index < -0.39 is 0 Å². The minimum atomic E-state index is 0.713. The normalized spacial score (nSPS) is 14.4. The van der Waals surface area contributed by atoms with E-state index in [1.54, 1.807) is 11.8 Å². The lowest BCUT2D eigenvalue weighted by atomic mass is 10.4. The van der Waals surface area contributed by atoms with Crippen LogP contribution in [0.25, 0.3) is 0 Å². The lowest BCUT2D eigenvalue weighted by Crippen LogP contribution is -2.16. The van der Waals surface area contributed by atoms with E-state index >= 15 is 0 Å². The largest absolute Gasteiger partial charge is 0.308 e. The Morgan fingerprint density at radius 1 is 1.20 bits per heavy atom. The molecule has 20 heavy (non-hydrogen) atoms. The van der Waals surface area contributed by atoms with Gasteiger partial charge in [0.1, 0.15) is 5.82 Å². The molecule has 2 aromatic rings. The second-order valence-corrected chi connectivity index (χ2v) is 6.83. The minimum absolute atomic E-state index is 0.713. The van der Waals surface area contributed by atoms with Gasteiger partial charge < -0.3 is 5.32 Å². The highest BCUT2D eigenvalue weighted by atomic mass is 79.9. The zero-order valence-corrected chi connectivity index (χ0v) is 13.5. The van der Waals surface area contributed by atoms with Crippen molar-refractivity contribution in [2.24, 2.45) is 0 Å². The molecule has 1 aromatic heterocycles. The van der Waals surface area contributed by atoms with Gasteiger partial charge >= 0.3 is 0 Å². The molecule has 0 aliphatic heterocycles. The van der Waals surface area contributed by atoms with E-state index in [0.29, 0.717) is 6.04 Å². The van der Waals surface area contributed by atoms with Crippen LogP contribution in [-0.2, 0) is 12.3 Å². The Bertz CT molecular complexity index is 570. The Hall–Kier alpha value is -0.910. The third-order valence-corrected chi connectivity index (χ3v) is 4.63. The summed E-state index contributed by atoms with van der Waals surface area (Å²) in [5.41, 5.74) is 1.08. The molecule has 1 aliphatic carbocycles. The molecule has 0 saturated heterocycles. The summed E-state index contributed by atoms with van der Waals surface area (Å²) in [6.45, 7) is 0.850. The number of hydrogen-bond donors (Lipinski definition) is 1. The van der Waals surface area contributed by atoms with Gasteiger partial charge in [0.15, 0.2) is 0 Å². The number of aromatic nitrogens is 2. The van der Waals surface area contributed by atoms with Crippen molar-refractivity contribution < 1.29 is 0 Å². The maximum Gasteiger partial charge on any atom is 0.138 e. The topological polar surface area (TPSA) is 37.8 Å². The first kappa shape index (κ1) is 14.0. The molecular weight excluding hydrogens is 334 g/mol. The van der Waals surface area contributed by atoms with E-state index in [1.165, 1.54) is 17.7 Å². The zero-order chi connectivity index (χ0) is 13.8. The van der Waals surface area contributed by atoms with Crippen LogP contribution in [0.1, 0.15) is 24.4 Å². The monoisotopic (exact) mass is 349 g/mol. The highest BCUT2D eigenvalue weighted by Gasteiger charge is 2.20. The van der Waals surface area contributed by atoms with Crippen LogP contribution in [0, 0.1) is 0 Å². The Kier molecular flexibility index (Phi) is 4.70. The van der Waals surface area contributed by atoms with Gasteiger partial charge in [-0.3, -0.25) is 0 Å². The van der Waals surface area contributed by atoms with Crippen molar-refractivity contribution in [3.63, 3.8) is 0 Å². The van der Waals surface area contributed by atoms with E-state index in [2.05, 4.69) is 55.5 Å². The molecule has 1 N–H and O–H groups in total. The van der Waals surface area contributed by atoms with Gasteiger partial charge in [-0.25, -0.2) is 9.97 Å². The standard InChI is InChI=1S/C15H16BrN3S/c16-11-1-5-14(6-2-11)20-10-15-17-8-7-13(19-15)9-18-12-3-4-12/h1-2,5-8,12,18H,3-4,9-10H2. The predicted octanol–water partition coefficient (Wildman–Crippen LogP) is 3.78. The average molecular weight is 350 g/mol. The van der Waals surface area contributed by atoms with Crippen LogP contribution < -0.4 is 5.32 Å². The fourth-order valence-corrected chi connectivity index (χ4v) is 2.85. The quantitative estimate of drug-likeness (QED) is 0.805.